The Kier molecular flexibility index (Phi) is 7.65. The van der Waals surface area contributed by atoms with E-state index in [1.165, 1.54) is 24.6 Å². The van der Waals surface area contributed by atoms with Crippen molar-refractivity contribution in [1.29, 1.82) is 0 Å². The first kappa shape index (κ1) is 23.3. The molecule has 2 aromatic heterocycles. The van der Waals surface area contributed by atoms with Crippen LogP contribution in [-0.2, 0) is 4.79 Å². The zero-order valence-electron chi connectivity index (χ0n) is 19.4. The Morgan fingerprint density at radius 3 is 2.73 bits per heavy atom. The van der Waals surface area contributed by atoms with Gasteiger partial charge in [0.15, 0.2) is 11.0 Å². The summed E-state index contributed by atoms with van der Waals surface area (Å²) in [5, 5.41) is 12.7. The van der Waals surface area contributed by atoms with Crippen molar-refractivity contribution in [2.45, 2.75) is 51.2 Å². The second-order valence-electron chi connectivity index (χ2n) is 8.54. The predicted octanol–water partition coefficient (Wildman–Crippen LogP) is 4.76. The molecule has 0 unspecified atom stereocenters. The average molecular weight is 466 g/mol. The maximum absolute atomic E-state index is 12.8. The van der Waals surface area contributed by atoms with Gasteiger partial charge in [0, 0.05) is 29.7 Å². The standard InChI is InChI=1S/C25H31N5O2S/c1-4-32-21-12-10-20(11-13-21)30-24(19-8-6-14-26-15-19)28-29-25(30)33-16-23(31)27-22-9-5-7-17(2)18(22)3/h6,8,10-15,17-18,22H,4-5,7,9,16H2,1-3H3,(H,27,31)/t17-,18-,22-/m1/s1. The molecule has 0 radical (unpaired) electrons. The third-order valence-electron chi connectivity index (χ3n) is 6.34. The van der Waals surface area contributed by atoms with Crippen molar-refractivity contribution in [3.63, 3.8) is 0 Å². The van der Waals surface area contributed by atoms with Gasteiger partial charge in [0.1, 0.15) is 5.75 Å². The van der Waals surface area contributed by atoms with E-state index in [-0.39, 0.29) is 11.9 Å². The second kappa shape index (κ2) is 10.8. The highest BCUT2D eigenvalue weighted by Gasteiger charge is 2.28. The number of aromatic nitrogens is 4. The van der Waals surface area contributed by atoms with E-state index in [0.717, 1.165) is 23.4 Å². The summed E-state index contributed by atoms with van der Waals surface area (Å²) in [6, 6.07) is 11.9. The fraction of sp³-hybridized carbons (Fsp3) is 0.440. The smallest absolute Gasteiger partial charge is 0.230 e. The summed E-state index contributed by atoms with van der Waals surface area (Å²) < 4.78 is 7.55. The minimum absolute atomic E-state index is 0.0371. The van der Waals surface area contributed by atoms with Crippen LogP contribution in [0.15, 0.2) is 53.9 Å². The molecule has 1 fully saturated rings. The number of carbonyl (C=O) groups excluding carboxylic acids is 1. The van der Waals surface area contributed by atoms with E-state index in [9.17, 15) is 4.79 Å². The molecule has 3 atom stereocenters. The summed E-state index contributed by atoms with van der Waals surface area (Å²) >= 11 is 1.40. The van der Waals surface area contributed by atoms with Gasteiger partial charge in [0.25, 0.3) is 0 Å². The van der Waals surface area contributed by atoms with Gasteiger partial charge in [0.2, 0.25) is 5.91 Å². The molecule has 0 saturated heterocycles. The highest BCUT2D eigenvalue weighted by Crippen LogP contribution is 2.31. The molecule has 1 aliphatic rings. The van der Waals surface area contributed by atoms with E-state index in [0.29, 0.717) is 35.2 Å². The van der Waals surface area contributed by atoms with Crippen LogP contribution in [0.2, 0.25) is 0 Å². The third-order valence-corrected chi connectivity index (χ3v) is 7.27. The van der Waals surface area contributed by atoms with Crippen LogP contribution in [0.5, 0.6) is 5.75 Å². The molecule has 2 heterocycles. The molecule has 1 N–H and O–H groups in total. The number of hydrogen-bond donors (Lipinski definition) is 1. The van der Waals surface area contributed by atoms with E-state index in [1.54, 1.807) is 12.4 Å². The molecule has 1 amide bonds. The second-order valence-corrected chi connectivity index (χ2v) is 9.48. The minimum atomic E-state index is 0.0371. The Labute approximate surface area is 199 Å². The molecule has 4 rings (SSSR count). The molecule has 8 heteroatoms. The molecule has 0 bridgehead atoms. The van der Waals surface area contributed by atoms with Crippen LogP contribution in [0.25, 0.3) is 17.1 Å². The Hall–Kier alpha value is -2.87. The topological polar surface area (TPSA) is 81.9 Å². The fourth-order valence-electron chi connectivity index (χ4n) is 4.30. The Bertz CT molecular complexity index is 1050. The molecular weight excluding hydrogens is 434 g/mol. The molecule has 33 heavy (non-hydrogen) atoms. The largest absolute Gasteiger partial charge is 0.494 e. The van der Waals surface area contributed by atoms with Crippen LogP contribution >= 0.6 is 11.8 Å². The summed E-state index contributed by atoms with van der Waals surface area (Å²) in [5.74, 6) is 2.96. The normalized spacial score (nSPS) is 20.4. The Morgan fingerprint density at radius 1 is 1.18 bits per heavy atom. The fourth-order valence-corrected chi connectivity index (χ4v) is 5.06. The molecule has 0 aliphatic heterocycles. The first-order valence-corrected chi connectivity index (χ1v) is 12.6. The van der Waals surface area contributed by atoms with Crippen LogP contribution in [0.1, 0.15) is 40.0 Å². The molecule has 3 aromatic rings. The number of nitrogens with one attached hydrogen (secondary N) is 1. The van der Waals surface area contributed by atoms with Gasteiger partial charge in [-0.25, -0.2) is 0 Å². The number of thioether (sulfide) groups is 1. The Morgan fingerprint density at radius 2 is 2.00 bits per heavy atom. The van der Waals surface area contributed by atoms with Crippen molar-refractivity contribution in [2.24, 2.45) is 11.8 Å². The van der Waals surface area contributed by atoms with Crippen molar-refractivity contribution in [3.05, 3.63) is 48.8 Å². The van der Waals surface area contributed by atoms with Crippen LogP contribution < -0.4 is 10.1 Å². The van der Waals surface area contributed by atoms with Crippen LogP contribution in [0.4, 0.5) is 0 Å². The van der Waals surface area contributed by atoms with E-state index in [4.69, 9.17) is 4.74 Å². The molecule has 1 aromatic carbocycles. The van der Waals surface area contributed by atoms with E-state index in [1.807, 2.05) is 47.9 Å². The number of amides is 1. The highest BCUT2D eigenvalue weighted by molar-refractivity contribution is 7.99. The lowest BCUT2D eigenvalue weighted by atomic mass is 9.78. The lowest BCUT2D eigenvalue weighted by Crippen LogP contribution is -2.44. The van der Waals surface area contributed by atoms with Gasteiger partial charge >= 0.3 is 0 Å². The monoisotopic (exact) mass is 465 g/mol. The van der Waals surface area contributed by atoms with Gasteiger partial charge in [-0.15, -0.1) is 10.2 Å². The van der Waals surface area contributed by atoms with Gasteiger partial charge in [-0.05, 0) is 61.6 Å². The summed E-state index contributed by atoms with van der Waals surface area (Å²) in [4.78, 5) is 17.0. The molecule has 7 nitrogen and oxygen atoms in total. The third kappa shape index (κ3) is 5.55. The number of ether oxygens (including phenoxy) is 1. The summed E-state index contributed by atoms with van der Waals surface area (Å²) in [6.07, 6.45) is 6.96. The van der Waals surface area contributed by atoms with Crippen molar-refractivity contribution in [1.82, 2.24) is 25.1 Å². The van der Waals surface area contributed by atoms with E-state index < -0.39 is 0 Å². The molecule has 0 spiro atoms. The average Bonchev–Trinajstić information content (AvgIpc) is 3.26. The first-order chi connectivity index (χ1) is 16.1. The van der Waals surface area contributed by atoms with Crippen LogP contribution in [0.3, 0.4) is 0 Å². The summed E-state index contributed by atoms with van der Waals surface area (Å²) in [5.41, 5.74) is 1.76. The quantitative estimate of drug-likeness (QED) is 0.483. The zero-order valence-corrected chi connectivity index (χ0v) is 20.2. The highest BCUT2D eigenvalue weighted by atomic mass is 32.2. The van der Waals surface area contributed by atoms with Gasteiger partial charge in [-0.1, -0.05) is 38.5 Å². The number of pyridine rings is 1. The molecule has 1 saturated carbocycles. The molecule has 174 valence electrons. The van der Waals surface area contributed by atoms with Gasteiger partial charge in [-0.3, -0.25) is 14.3 Å². The van der Waals surface area contributed by atoms with Crippen LogP contribution in [0, 0.1) is 11.8 Å². The van der Waals surface area contributed by atoms with Crippen molar-refractivity contribution in [3.8, 4) is 22.8 Å². The van der Waals surface area contributed by atoms with Crippen LogP contribution in [-0.4, -0.2) is 44.1 Å². The van der Waals surface area contributed by atoms with Gasteiger partial charge in [0.05, 0.1) is 12.4 Å². The van der Waals surface area contributed by atoms with Crippen molar-refractivity contribution < 1.29 is 9.53 Å². The van der Waals surface area contributed by atoms with Crippen molar-refractivity contribution >= 4 is 17.7 Å². The Balaban J connectivity index is 1.54. The maximum atomic E-state index is 12.8. The van der Waals surface area contributed by atoms with E-state index >= 15 is 0 Å². The number of nitrogens with zero attached hydrogens (tertiary/aromatic N) is 4. The molecule has 1 aliphatic carbocycles. The SMILES string of the molecule is CCOc1ccc(-n2c(SCC(=O)N[C@@H]3CCC[C@@H](C)[C@H]3C)nnc2-c2cccnc2)cc1. The van der Waals surface area contributed by atoms with E-state index in [2.05, 4.69) is 34.3 Å². The lowest BCUT2D eigenvalue weighted by molar-refractivity contribution is -0.120. The van der Waals surface area contributed by atoms with Gasteiger partial charge < -0.3 is 10.1 Å². The number of hydrogen-bond acceptors (Lipinski definition) is 6. The predicted molar refractivity (Wildman–Crippen MR) is 131 cm³/mol. The number of rotatable bonds is 8. The van der Waals surface area contributed by atoms with Crippen molar-refractivity contribution in [2.75, 3.05) is 12.4 Å². The summed E-state index contributed by atoms with van der Waals surface area (Å²) in [7, 11) is 0. The lowest BCUT2D eigenvalue weighted by Gasteiger charge is -2.34. The first-order valence-electron chi connectivity index (χ1n) is 11.6. The zero-order chi connectivity index (χ0) is 23.2. The van der Waals surface area contributed by atoms with Gasteiger partial charge in [-0.2, -0.15) is 0 Å². The maximum Gasteiger partial charge on any atom is 0.230 e. The summed E-state index contributed by atoms with van der Waals surface area (Å²) in [6.45, 7) is 7.09. The molecular formula is C25H31N5O2S. The number of benzene rings is 1. The minimum Gasteiger partial charge on any atom is -0.494 e. The number of carbonyl (C=O) groups is 1.